The summed E-state index contributed by atoms with van der Waals surface area (Å²) in [7, 11) is 0. The average Bonchev–Trinajstić information content (AvgIpc) is 2.17. The molecule has 1 aliphatic carbocycles. The van der Waals surface area contributed by atoms with Crippen LogP contribution in [0.15, 0.2) is 0 Å². The van der Waals surface area contributed by atoms with E-state index in [2.05, 4.69) is 0 Å². The van der Waals surface area contributed by atoms with Crippen molar-refractivity contribution in [1.82, 2.24) is 0 Å². The van der Waals surface area contributed by atoms with Gasteiger partial charge in [-0.1, -0.05) is 52.9 Å². The van der Waals surface area contributed by atoms with Crippen LogP contribution in [-0.2, 0) is 4.79 Å². The topological polar surface area (TPSA) is 37.3 Å². The van der Waals surface area contributed by atoms with Crippen molar-refractivity contribution in [2.45, 2.75) is 65.7 Å². The smallest absolute Gasteiger partial charge is 0.307 e. The second kappa shape index (κ2) is 5.70. The number of carboxylic acid groups (broad SMARTS) is 1. The molecule has 1 rings (SSSR count). The summed E-state index contributed by atoms with van der Waals surface area (Å²) in [5, 5.41) is 9.24. The van der Waals surface area contributed by atoms with Gasteiger partial charge in [0.1, 0.15) is 0 Å². The Morgan fingerprint density at radius 3 is 2.25 bits per heavy atom. The van der Waals surface area contributed by atoms with Crippen LogP contribution in [0.2, 0.25) is 0 Å². The molecule has 0 spiro atoms. The summed E-state index contributed by atoms with van der Waals surface area (Å²) in [4.78, 5) is 11.2. The number of hydrogen-bond donors (Lipinski definition) is 1. The predicted molar refractivity (Wildman–Crippen MR) is 66.4 cm³/mol. The Bertz CT molecular complexity index is 221. The van der Waals surface area contributed by atoms with E-state index in [0.29, 0.717) is 0 Å². The maximum absolute atomic E-state index is 11.2. The minimum Gasteiger partial charge on any atom is -0.481 e. The second-order valence-corrected chi connectivity index (χ2v) is 6.34. The van der Waals surface area contributed by atoms with Crippen molar-refractivity contribution in [2.75, 3.05) is 0 Å². The van der Waals surface area contributed by atoms with Crippen molar-refractivity contribution in [3.63, 3.8) is 0 Å². The Hall–Kier alpha value is -0.530. The molecule has 0 aromatic carbocycles. The molecule has 0 aliphatic heterocycles. The third-order valence-electron chi connectivity index (χ3n) is 3.93. The molecule has 0 aromatic heterocycles. The molecule has 1 N–H and O–H groups in total. The van der Waals surface area contributed by atoms with Gasteiger partial charge in [0.05, 0.1) is 5.92 Å². The van der Waals surface area contributed by atoms with Crippen molar-refractivity contribution >= 4 is 5.97 Å². The van der Waals surface area contributed by atoms with Crippen LogP contribution in [0, 0.1) is 17.3 Å². The molecule has 1 saturated carbocycles. The lowest BCUT2D eigenvalue weighted by Gasteiger charge is -2.29. The molecule has 0 radical (unpaired) electrons. The van der Waals surface area contributed by atoms with Crippen molar-refractivity contribution in [3.05, 3.63) is 0 Å². The first-order chi connectivity index (χ1) is 7.41. The molecule has 0 heterocycles. The van der Waals surface area contributed by atoms with Gasteiger partial charge in [-0.05, 0) is 24.2 Å². The highest BCUT2D eigenvalue weighted by Crippen LogP contribution is 2.34. The van der Waals surface area contributed by atoms with Crippen molar-refractivity contribution in [3.8, 4) is 0 Å². The van der Waals surface area contributed by atoms with Gasteiger partial charge in [0.15, 0.2) is 0 Å². The van der Waals surface area contributed by atoms with Gasteiger partial charge in [-0.25, -0.2) is 0 Å². The number of hydrogen-bond acceptors (Lipinski definition) is 1. The predicted octanol–water partition coefficient (Wildman–Crippen LogP) is 4.09. The van der Waals surface area contributed by atoms with Gasteiger partial charge >= 0.3 is 5.97 Å². The highest BCUT2D eigenvalue weighted by Gasteiger charge is 2.31. The maximum Gasteiger partial charge on any atom is 0.307 e. The summed E-state index contributed by atoms with van der Waals surface area (Å²) in [6, 6.07) is 0. The number of carboxylic acids is 1. The van der Waals surface area contributed by atoms with E-state index in [9.17, 15) is 9.90 Å². The van der Waals surface area contributed by atoms with Crippen LogP contribution < -0.4 is 0 Å². The lowest BCUT2D eigenvalue weighted by atomic mass is 9.75. The average molecular weight is 226 g/mol. The minimum atomic E-state index is -0.622. The van der Waals surface area contributed by atoms with Gasteiger partial charge in [0, 0.05) is 0 Å². The third kappa shape index (κ3) is 4.15. The monoisotopic (exact) mass is 226 g/mol. The molecular weight excluding hydrogens is 200 g/mol. The summed E-state index contributed by atoms with van der Waals surface area (Å²) in [6.45, 7) is 6.10. The molecule has 0 aromatic rings. The Morgan fingerprint density at radius 2 is 1.81 bits per heavy atom. The molecule has 1 atom stereocenters. The van der Waals surface area contributed by atoms with Gasteiger partial charge in [-0.2, -0.15) is 0 Å². The van der Waals surface area contributed by atoms with Crippen LogP contribution in [-0.4, -0.2) is 11.1 Å². The van der Waals surface area contributed by atoms with Crippen LogP contribution in [0.3, 0.4) is 0 Å². The molecule has 2 heteroatoms. The van der Waals surface area contributed by atoms with Crippen molar-refractivity contribution in [1.29, 1.82) is 0 Å². The lowest BCUT2D eigenvalue weighted by molar-refractivity contribution is -0.146. The summed E-state index contributed by atoms with van der Waals surface area (Å²) in [5.41, 5.74) is -0.111. The Morgan fingerprint density at radius 1 is 1.25 bits per heavy atom. The van der Waals surface area contributed by atoms with Gasteiger partial charge in [-0.3, -0.25) is 4.79 Å². The molecule has 1 fully saturated rings. The zero-order valence-electron chi connectivity index (χ0n) is 11.0. The Balaban J connectivity index is 2.40. The highest BCUT2D eigenvalue weighted by molar-refractivity contribution is 5.70. The van der Waals surface area contributed by atoms with E-state index in [4.69, 9.17) is 0 Å². The van der Waals surface area contributed by atoms with Crippen LogP contribution in [0.5, 0.6) is 0 Å². The van der Waals surface area contributed by atoms with E-state index < -0.39 is 5.97 Å². The lowest BCUT2D eigenvalue weighted by Crippen LogP contribution is -2.29. The van der Waals surface area contributed by atoms with Crippen LogP contribution in [0.25, 0.3) is 0 Å². The van der Waals surface area contributed by atoms with Crippen molar-refractivity contribution < 1.29 is 9.90 Å². The zero-order chi connectivity index (χ0) is 12.2. The summed E-state index contributed by atoms with van der Waals surface area (Å²) in [6.07, 6.45) is 8.65. The summed E-state index contributed by atoms with van der Waals surface area (Å²) in [5.74, 6) is -0.0179. The van der Waals surface area contributed by atoms with Crippen molar-refractivity contribution in [2.24, 2.45) is 17.3 Å². The highest BCUT2D eigenvalue weighted by atomic mass is 16.4. The normalized spacial score (nSPS) is 20.7. The van der Waals surface area contributed by atoms with E-state index in [1.165, 1.54) is 32.1 Å². The van der Waals surface area contributed by atoms with Crippen LogP contribution in [0.4, 0.5) is 0 Å². The van der Waals surface area contributed by atoms with E-state index in [1.54, 1.807) is 0 Å². The van der Waals surface area contributed by atoms with E-state index in [-0.39, 0.29) is 11.3 Å². The molecule has 0 bridgehead atoms. The first-order valence-electron chi connectivity index (χ1n) is 6.64. The van der Waals surface area contributed by atoms with Gasteiger partial charge in [0.25, 0.3) is 0 Å². The summed E-state index contributed by atoms with van der Waals surface area (Å²) >= 11 is 0. The van der Waals surface area contributed by atoms with E-state index >= 15 is 0 Å². The largest absolute Gasteiger partial charge is 0.481 e. The van der Waals surface area contributed by atoms with Crippen LogP contribution >= 0.6 is 0 Å². The molecule has 1 unspecified atom stereocenters. The number of carbonyl (C=O) groups is 1. The Labute approximate surface area is 99.4 Å². The summed E-state index contributed by atoms with van der Waals surface area (Å²) < 4.78 is 0. The molecule has 1 aliphatic rings. The van der Waals surface area contributed by atoms with E-state index in [0.717, 1.165) is 18.8 Å². The molecule has 16 heavy (non-hydrogen) atoms. The van der Waals surface area contributed by atoms with Gasteiger partial charge in [0.2, 0.25) is 0 Å². The molecular formula is C14H26O2. The quantitative estimate of drug-likeness (QED) is 0.783. The molecule has 2 nitrogen and oxygen atoms in total. The molecule has 0 saturated heterocycles. The first kappa shape index (κ1) is 13.5. The number of aliphatic carboxylic acids is 1. The van der Waals surface area contributed by atoms with E-state index in [1.807, 2.05) is 20.8 Å². The fraction of sp³-hybridized carbons (Fsp3) is 0.929. The number of rotatable bonds is 4. The van der Waals surface area contributed by atoms with Gasteiger partial charge < -0.3 is 5.11 Å². The Kier molecular flexibility index (Phi) is 4.82. The zero-order valence-corrected chi connectivity index (χ0v) is 11.0. The van der Waals surface area contributed by atoms with Crippen LogP contribution in [0.1, 0.15) is 65.7 Å². The SMILES string of the molecule is CC(C)(C)C(CCC1CCCCC1)C(=O)O. The van der Waals surface area contributed by atoms with Gasteiger partial charge in [-0.15, -0.1) is 0 Å². The molecule has 0 amide bonds. The third-order valence-corrected chi connectivity index (χ3v) is 3.93. The maximum atomic E-state index is 11.2. The standard InChI is InChI=1S/C14H26O2/c1-14(2,3)12(13(15)16)10-9-11-7-5-4-6-8-11/h11-12H,4-10H2,1-3H3,(H,15,16). The minimum absolute atomic E-state index is 0.111. The second-order valence-electron chi connectivity index (χ2n) is 6.34. The molecule has 94 valence electrons. The fourth-order valence-electron chi connectivity index (χ4n) is 2.81. The fourth-order valence-corrected chi connectivity index (χ4v) is 2.81. The first-order valence-corrected chi connectivity index (χ1v) is 6.64.